The highest BCUT2D eigenvalue weighted by atomic mass is 32.2. The van der Waals surface area contributed by atoms with Gasteiger partial charge in [-0.1, -0.05) is 24.3 Å². The van der Waals surface area contributed by atoms with Crippen LogP contribution in [-0.2, 0) is 4.79 Å². The molecular weight excluding hydrogens is 412 g/mol. The van der Waals surface area contributed by atoms with Crippen LogP contribution < -0.4 is 10.6 Å². The summed E-state index contributed by atoms with van der Waals surface area (Å²) < 4.78 is 5.13. The summed E-state index contributed by atoms with van der Waals surface area (Å²) >= 11 is 1.61. The number of hydrogen-bond acceptors (Lipinski definition) is 5. The van der Waals surface area contributed by atoms with Crippen molar-refractivity contribution in [3.63, 3.8) is 0 Å². The van der Waals surface area contributed by atoms with Gasteiger partial charge in [-0.05, 0) is 54.8 Å². The Morgan fingerprint density at radius 2 is 2.00 bits per heavy atom. The Hall–Kier alpha value is -3.52. The van der Waals surface area contributed by atoms with E-state index in [1.807, 2.05) is 54.8 Å². The zero-order valence-electron chi connectivity index (χ0n) is 16.9. The molecule has 0 aliphatic rings. The van der Waals surface area contributed by atoms with Crippen molar-refractivity contribution < 1.29 is 14.0 Å². The van der Waals surface area contributed by atoms with Crippen molar-refractivity contribution in [2.45, 2.75) is 12.5 Å². The van der Waals surface area contributed by atoms with Crippen LogP contribution in [0.15, 0.2) is 71.3 Å². The van der Waals surface area contributed by atoms with E-state index >= 15 is 0 Å². The summed E-state index contributed by atoms with van der Waals surface area (Å²) in [6.45, 7) is 0. The van der Waals surface area contributed by atoms with Crippen LogP contribution in [0.2, 0.25) is 0 Å². The maximum Gasteiger partial charge on any atom is 0.287 e. The van der Waals surface area contributed by atoms with Gasteiger partial charge in [0.2, 0.25) is 5.91 Å². The van der Waals surface area contributed by atoms with Crippen LogP contribution in [0, 0.1) is 0 Å². The molecule has 4 rings (SSSR count). The molecule has 8 heteroatoms. The van der Waals surface area contributed by atoms with Crippen LogP contribution in [0.25, 0.3) is 22.4 Å². The predicted octanol–water partition coefficient (Wildman–Crippen LogP) is 4.31. The number of nitrogens with zero attached hydrogens (tertiary/aromatic N) is 1. The highest BCUT2D eigenvalue weighted by Gasteiger charge is 2.22. The highest BCUT2D eigenvalue weighted by Crippen LogP contribution is 2.23. The SMILES string of the molecule is CSCCC(NC(=O)c1ccco1)C(=O)Nc1cccc(-c2nc3ccccc3[nH]2)c1. The molecule has 158 valence electrons. The molecule has 0 saturated heterocycles. The number of hydrogen-bond donors (Lipinski definition) is 3. The number of nitrogens with one attached hydrogen (secondary N) is 3. The number of carbonyl (C=O) groups excluding carboxylic acids is 2. The molecule has 2 aromatic carbocycles. The Balaban J connectivity index is 1.50. The second-order valence-corrected chi connectivity index (χ2v) is 7.94. The van der Waals surface area contributed by atoms with Crippen molar-refractivity contribution in [2.24, 2.45) is 0 Å². The van der Waals surface area contributed by atoms with Gasteiger partial charge in [-0.2, -0.15) is 11.8 Å². The average Bonchev–Trinajstić information content (AvgIpc) is 3.46. The van der Waals surface area contributed by atoms with Crippen LogP contribution in [-0.4, -0.2) is 39.8 Å². The first-order chi connectivity index (χ1) is 15.1. The Kier molecular flexibility index (Phi) is 6.37. The Morgan fingerprint density at radius 3 is 2.77 bits per heavy atom. The number of aromatic amines is 1. The average molecular weight is 435 g/mol. The number of carbonyl (C=O) groups is 2. The third-order valence-electron chi connectivity index (χ3n) is 4.77. The summed E-state index contributed by atoms with van der Waals surface area (Å²) in [6, 6.07) is 17.8. The van der Waals surface area contributed by atoms with Crippen molar-refractivity contribution >= 4 is 40.3 Å². The lowest BCUT2D eigenvalue weighted by molar-refractivity contribution is -0.118. The molecule has 0 aliphatic heterocycles. The Bertz CT molecular complexity index is 1150. The summed E-state index contributed by atoms with van der Waals surface area (Å²) in [4.78, 5) is 33.2. The highest BCUT2D eigenvalue weighted by molar-refractivity contribution is 7.98. The van der Waals surface area contributed by atoms with E-state index in [0.717, 1.165) is 28.2 Å². The second-order valence-electron chi connectivity index (χ2n) is 6.96. The van der Waals surface area contributed by atoms with Gasteiger partial charge in [-0.3, -0.25) is 9.59 Å². The van der Waals surface area contributed by atoms with Crippen molar-refractivity contribution in [3.8, 4) is 11.4 Å². The number of para-hydroxylation sites is 2. The molecule has 0 fully saturated rings. The van der Waals surface area contributed by atoms with E-state index in [4.69, 9.17) is 4.42 Å². The zero-order chi connectivity index (χ0) is 21.6. The molecule has 2 aromatic heterocycles. The molecule has 0 saturated carbocycles. The molecule has 1 unspecified atom stereocenters. The van der Waals surface area contributed by atoms with E-state index in [9.17, 15) is 9.59 Å². The lowest BCUT2D eigenvalue weighted by Gasteiger charge is -2.18. The van der Waals surface area contributed by atoms with Gasteiger partial charge in [0.05, 0.1) is 17.3 Å². The van der Waals surface area contributed by atoms with E-state index in [1.165, 1.54) is 6.26 Å². The minimum absolute atomic E-state index is 0.175. The Morgan fingerprint density at radius 1 is 1.13 bits per heavy atom. The number of imidazole rings is 1. The van der Waals surface area contributed by atoms with Crippen LogP contribution >= 0.6 is 11.8 Å². The van der Waals surface area contributed by atoms with Gasteiger partial charge in [-0.15, -0.1) is 0 Å². The summed E-state index contributed by atoms with van der Waals surface area (Å²) in [6.07, 6.45) is 3.89. The molecule has 0 aliphatic carbocycles. The topological polar surface area (TPSA) is 100 Å². The van der Waals surface area contributed by atoms with E-state index in [2.05, 4.69) is 20.6 Å². The standard InChI is InChI=1S/C23H22N4O3S/c1-31-13-11-19(27-23(29)20-10-5-12-30-20)22(28)24-16-7-4-6-15(14-16)21-25-17-8-2-3-9-18(17)26-21/h2-10,12,14,19H,11,13H2,1H3,(H,24,28)(H,25,26)(H,27,29). The van der Waals surface area contributed by atoms with Gasteiger partial charge in [0, 0.05) is 11.3 Å². The summed E-state index contributed by atoms with van der Waals surface area (Å²) in [5, 5.41) is 5.67. The van der Waals surface area contributed by atoms with Crippen molar-refractivity contribution in [1.82, 2.24) is 15.3 Å². The molecule has 1 atom stereocenters. The van der Waals surface area contributed by atoms with Gasteiger partial charge in [0.25, 0.3) is 5.91 Å². The first kappa shape index (κ1) is 20.7. The van der Waals surface area contributed by atoms with E-state index < -0.39 is 11.9 Å². The van der Waals surface area contributed by atoms with Crippen LogP contribution in [0.4, 0.5) is 5.69 Å². The molecule has 2 amide bonds. The molecule has 7 nitrogen and oxygen atoms in total. The number of fused-ring (bicyclic) bond motifs is 1. The summed E-state index contributed by atoms with van der Waals surface area (Å²) in [5.41, 5.74) is 3.31. The Labute approximate surface area is 183 Å². The summed E-state index contributed by atoms with van der Waals surface area (Å²) in [5.74, 6) is 0.935. The second kappa shape index (κ2) is 9.53. The zero-order valence-corrected chi connectivity index (χ0v) is 17.7. The number of aromatic nitrogens is 2. The number of benzene rings is 2. The van der Waals surface area contributed by atoms with Crippen LogP contribution in [0.3, 0.4) is 0 Å². The van der Waals surface area contributed by atoms with Gasteiger partial charge in [0.1, 0.15) is 11.9 Å². The largest absolute Gasteiger partial charge is 0.459 e. The maximum atomic E-state index is 12.9. The number of rotatable bonds is 8. The van der Waals surface area contributed by atoms with Gasteiger partial charge >= 0.3 is 0 Å². The lowest BCUT2D eigenvalue weighted by atomic mass is 10.1. The molecule has 0 spiro atoms. The maximum absolute atomic E-state index is 12.9. The molecular formula is C23H22N4O3S. The molecule has 0 bridgehead atoms. The summed E-state index contributed by atoms with van der Waals surface area (Å²) in [7, 11) is 0. The molecule has 31 heavy (non-hydrogen) atoms. The quantitative estimate of drug-likeness (QED) is 0.384. The van der Waals surface area contributed by atoms with Gasteiger partial charge < -0.3 is 20.0 Å². The fraction of sp³-hybridized carbons (Fsp3) is 0.174. The predicted molar refractivity (Wildman–Crippen MR) is 123 cm³/mol. The normalized spacial score (nSPS) is 11.9. The number of furan rings is 1. The molecule has 4 aromatic rings. The third kappa shape index (κ3) is 4.97. The lowest BCUT2D eigenvalue weighted by Crippen LogP contribution is -2.44. The van der Waals surface area contributed by atoms with E-state index in [0.29, 0.717) is 12.1 Å². The van der Waals surface area contributed by atoms with Crippen LogP contribution in [0.1, 0.15) is 17.0 Å². The first-order valence-electron chi connectivity index (χ1n) is 9.83. The minimum atomic E-state index is -0.681. The van der Waals surface area contributed by atoms with E-state index in [1.54, 1.807) is 23.9 Å². The van der Waals surface area contributed by atoms with Crippen molar-refractivity contribution in [2.75, 3.05) is 17.3 Å². The number of anilines is 1. The first-order valence-corrected chi connectivity index (χ1v) is 11.2. The van der Waals surface area contributed by atoms with Gasteiger partial charge in [0.15, 0.2) is 5.76 Å². The molecule has 3 N–H and O–H groups in total. The fourth-order valence-electron chi connectivity index (χ4n) is 3.20. The number of H-pyrrole nitrogens is 1. The molecule has 0 radical (unpaired) electrons. The number of amides is 2. The van der Waals surface area contributed by atoms with Crippen molar-refractivity contribution in [1.29, 1.82) is 0 Å². The van der Waals surface area contributed by atoms with Crippen LogP contribution in [0.5, 0.6) is 0 Å². The van der Waals surface area contributed by atoms with Crippen molar-refractivity contribution in [3.05, 3.63) is 72.7 Å². The smallest absolute Gasteiger partial charge is 0.287 e. The van der Waals surface area contributed by atoms with E-state index in [-0.39, 0.29) is 11.7 Å². The fourth-order valence-corrected chi connectivity index (χ4v) is 3.68. The van der Waals surface area contributed by atoms with Gasteiger partial charge in [-0.25, -0.2) is 4.98 Å². The third-order valence-corrected chi connectivity index (χ3v) is 5.41. The minimum Gasteiger partial charge on any atom is -0.459 e. The molecule has 2 heterocycles. The number of thioether (sulfide) groups is 1. The monoisotopic (exact) mass is 434 g/mol.